The van der Waals surface area contributed by atoms with E-state index in [1.54, 1.807) is 13.2 Å². The Morgan fingerprint density at radius 3 is 2.71 bits per heavy atom. The van der Waals surface area contributed by atoms with E-state index in [2.05, 4.69) is 0 Å². The van der Waals surface area contributed by atoms with Gasteiger partial charge in [-0.3, -0.25) is 0 Å². The smallest absolute Gasteiger partial charge is 0.121 e. The van der Waals surface area contributed by atoms with Gasteiger partial charge in [0.2, 0.25) is 0 Å². The maximum atomic E-state index is 8.58. The Morgan fingerprint density at radius 2 is 2.12 bits per heavy atom. The monoisotopic (exact) mass is 240 g/mol. The molecule has 0 aromatic heterocycles. The maximum Gasteiger partial charge on any atom is 0.121 e. The first-order valence-electron chi connectivity index (χ1n) is 5.52. The van der Waals surface area contributed by atoms with Crippen molar-refractivity contribution in [1.29, 1.82) is 0 Å². The Bertz CT molecular complexity index is 345. The summed E-state index contributed by atoms with van der Waals surface area (Å²) < 4.78 is 10.3. The lowest BCUT2D eigenvalue weighted by atomic mass is 10.2. The topological polar surface area (TPSA) is 68.0 Å². The normalized spacial score (nSPS) is 10.3. The summed E-state index contributed by atoms with van der Waals surface area (Å²) in [5.74, 6) is 0.746. The summed E-state index contributed by atoms with van der Waals surface area (Å²) in [6.45, 7) is 1.69. The number of methoxy groups -OCH3 is 1. The van der Waals surface area contributed by atoms with Crippen LogP contribution in [0.4, 0.5) is 11.4 Å². The number of aliphatic hydroxyl groups is 1. The Labute approximate surface area is 102 Å². The fraction of sp³-hybridized carbons (Fsp3) is 0.500. The lowest BCUT2D eigenvalue weighted by molar-refractivity contribution is 0.0971. The van der Waals surface area contributed by atoms with Gasteiger partial charge in [0.1, 0.15) is 5.75 Å². The zero-order valence-electron chi connectivity index (χ0n) is 10.3. The lowest BCUT2D eigenvalue weighted by Crippen LogP contribution is -2.24. The fourth-order valence-electron chi connectivity index (χ4n) is 1.50. The summed E-state index contributed by atoms with van der Waals surface area (Å²) in [5.41, 5.74) is 7.54. The Balaban J connectivity index is 2.53. The first-order chi connectivity index (χ1) is 8.19. The molecule has 0 atom stereocenters. The zero-order valence-corrected chi connectivity index (χ0v) is 10.3. The number of ether oxygens (including phenoxy) is 2. The van der Waals surface area contributed by atoms with Gasteiger partial charge in [0, 0.05) is 19.7 Å². The van der Waals surface area contributed by atoms with Crippen molar-refractivity contribution in [3.63, 3.8) is 0 Å². The second-order valence-electron chi connectivity index (χ2n) is 3.68. The molecule has 1 aromatic carbocycles. The van der Waals surface area contributed by atoms with Crippen LogP contribution in [0.5, 0.6) is 5.75 Å². The minimum absolute atomic E-state index is 0.0500. The van der Waals surface area contributed by atoms with E-state index in [-0.39, 0.29) is 6.61 Å². The van der Waals surface area contributed by atoms with Gasteiger partial charge < -0.3 is 25.2 Å². The van der Waals surface area contributed by atoms with Crippen molar-refractivity contribution in [3.05, 3.63) is 18.2 Å². The average molecular weight is 240 g/mol. The predicted molar refractivity (Wildman–Crippen MR) is 68.6 cm³/mol. The Hall–Kier alpha value is -1.46. The molecule has 0 radical (unpaired) electrons. The number of nitrogens with zero attached hydrogens (tertiary/aromatic N) is 1. The van der Waals surface area contributed by atoms with E-state index in [0.717, 1.165) is 18.0 Å². The highest BCUT2D eigenvalue weighted by Crippen LogP contribution is 2.26. The molecule has 5 nitrogen and oxygen atoms in total. The second kappa shape index (κ2) is 6.98. The summed E-state index contributed by atoms with van der Waals surface area (Å²) in [5, 5.41) is 8.58. The molecule has 0 aliphatic carbocycles. The molecule has 0 heterocycles. The average Bonchev–Trinajstić information content (AvgIpc) is 2.34. The fourth-order valence-corrected chi connectivity index (χ4v) is 1.50. The minimum atomic E-state index is 0.0500. The first kappa shape index (κ1) is 13.6. The molecule has 0 aliphatic heterocycles. The molecule has 0 unspecified atom stereocenters. The molecule has 0 amide bonds. The van der Waals surface area contributed by atoms with Gasteiger partial charge in [0.15, 0.2) is 0 Å². The molecule has 3 N–H and O–H groups in total. The summed E-state index contributed by atoms with van der Waals surface area (Å²) in [6, 6.07) is 5.58. The third kappa shape index (κ3) is 4.13. The van der Waals surface area contributed by atoms with Crippen molar-refractivity contribution in [2.24, 2.45) is 0 Å². The number of rotatable bonds is 7. The summed E-state index contributed by atoms with van der Waals surface area (Å²) in [4.78, 5) is 2.01. The van der Waals surface area contributed by atoms with Gasteiger partial charge in [-0.1, -0.05) is 0 Å². The number of nitrogen functional groups attached to an aromatic ring is 1. The van der Waals surface area contributed by atoms with Crippen LogP contribution in [0.3, 0.4) is 0 Å². The predicted octanol–water partition coefficient (Wildman–Crippen LogP) is 0.722. The highest BCUT2D eigenvalue weighted by molar-refractivity contribution is 5.69. The number of hydrogen-bond acceptors (Lipinski definition) is 5. The van der Waals surface area contributed by atoms with Crippen LogP contribution in [-0.4, -0.2) is 45.6 Å². The summed E-state index contributed by atoms with van der Waals surface area (Å²) in [7, 11) is 3.56. The van der Waals surface area contributed by atoms with Gasteiger partial charge in [-0.05, 0) is 12.1 Å². The lowest BCUT2D eigenvalue weighted by Gasteiger charge is -2.21. The molecule has 96 valence electrons. The highest BCUT2D eigenvalue weighted by Gasteiger charge is 2.06. The minimum Gasteiger partial charge on any atom is -0.497 e. The molecule has 1 aromatic rings. The van der Waals surface area contributed by atoms with Gasteiger partial charge in [-0.15, -0.1) is 0 Å². The van der Waals surface area contributed by atoms with Gasteiger partial charge in [0.25, 0.3) is 0 Å². The largest absolute Gasteiger partial charge is 0.497 e. The quantitative estimate of drug-likeness (QED) is 0.543. The number of hydrogen-bond donors (Lipinski definition) is 2. The molecular weight excluding hydrogens is 220 g/mol. The van der Waals surface area contributed by atoms with E-state index in [4.69, 9.17) is 20.3 Å². The SMILES string of the molecule is COc1ccc(N(C)CCOCCO)c(N)c1. The van der Waals surface area contributed by atoms with Crippen LogP contribution in [0, 0.1) is 0 Å². The molecule has 0 fully saturated rings. The third-order valence-electron chi connectivity index (χ3n) is 2.45. The molecular formula is C12H20N2O3. The number of aliphatic hydroxyl groups excluding tert-OH is 1. The van der Waals surface area contributed by atoms with Crippen molar-refractivity contribution in [3.8, 4) is 5.75 Å². The van der Waals surface area contributed by atoms with Gasteiger partial charge in [0.05, 0.1) is 38.3 Å². The molecule has 0 bridgehead atoms. The Kier molecular flexibility index (Phi) is 5.59. The van der Waals surface area contributed by atoms with Crippen LogP contribution in [0.15, 0.2) is 18.2 Å². The molecule has 17 heavy (non-hydrogen) atoms. The van der Waals surface area contributed by atoms with Gasteiger partial charge >= 0.3 is 0 Å². The second-order valence-corrected chi connectivity index (χ2v) is 3.68. The van der Waals surface area contributed by atoms with Crippen molar-refractivity contribution in [2.45, 2.75) is 0 Å². The number of anilines is 2. The van der Waals surface area contributed by atoms with E-state index in [0.29, 0.717) is 18.9 Å². The molecule has 1 rings (SSSR count). The number of benzene rings is 1. The van der Waals surface area contributed by atoms with Crippen molar-refractivity contribution >= 4 is 11.4 Å². The number of likely N-dealkylation sites (N-methyl/N-ethyl adjacent to an activating group) is 1. The van der Waals surface area contributed by atoms with Crippen molar-refractivity contribution in [1.82, 2.24) is 0 Å². The van der Waals surface area contributed by atoms with Crippen LogP contribution in [0.25, 0.3) is 0 Å². The van der Waals surface area contributed by atoms with Crippen LogP contribution >= 0.6 is 0 Å². The van der Waals surface area contributed by atoms with E-state index in [9.17, 15) is 0 Å². The van der Waals surface area contributed by atoms with Crippen LogP contribution in [-0.2, 0) is 4.74 Å². The molecule has 0 saturated carbocycles. The van der Waals surface area contributed by atoms with Crippen LogP contribution in [0.2, 0.25) is 0 Å². The molecule has 5 heteroatoms. The van der Waals surface area contributed by atoms with Crippen molar-refractivity contribution in [2.75, 3.05) is 51.2 Å². The van der Waals surface area contributed by atoms with Crippen LogP contribution in [0.1, 0.15) is 0 Å². The van der Waals surface area contributed by atoms with Crippen LogP contribution < -0.4 is 15.4 Å². The standard InChI is InChI=1S/C12H20N2O3/c1-14(5-7-17-8-6-15)12-4-3-10(16-2)9-11(12)13/h3-4,9,15H,5-8,13H2,1-2H3. The van der Waals surface area contributed by atoms with E-state index >= 15 is 0 Å². The maximum absolute atomic E-state index is 8.58. The van der Waals surface area contributed by atoms with Gasteiger partial charge in [-0.2, -0.15) is 0 Å². The highest BCUT2D eigenvalue weighted by atomic mass is 16.5. The van der Waals surface area contributed by atoms with E-state index in [1.165, 1.54) is 0 Å². The summed E-state index contributed by atoms with van der Waals surface area (Å²) in [6.07, 6.45) is 0. The molecule has 0 saturated heterocycles. The zero-order chi connectivity index (χ0) is 12.7. The third-order valence-corrected chi connectivity index (χ3v) is 2.45. The first-order valence-corrected chi connectivity index (χ1v) is 5.52. The van der Waals surface area contributed by atoms with Crippen molar-refractivity contribution < 1.29 is 14.6 Å². The van der Waals surface area contributed by atoms with Gasteiger partial charge in [-0.25, -0.2) is 0 Å². The molecule has 0 spiro atoms. The molecule has 0 aliphatic rings. The summed E-state index contributed by atoms with van der Waals surface area (Å²) >= 11 is 0. The van der Waals surface area contributed by atoms with E-state index in [1.807, 2.05) is 24.1 Å². The van der Waals surface area contributed by atoms with E-state index < -0.39 is 0 Å². The number of nitrogens with two attached hydrogens (primary N) is 1. The Morgan fingerprint density at radius 1 is 1.35 bits per heavy atom.